The molecule has 0 aliphatic carbocycles. The van der Waals surface area contributed by atoms with Crippen molar-refractivity contribution in [3.63, 3.8) is 0 Å². The molecular formula is C26H31F3N6O3. The van der Waals surface area contributed by atoms with Crippen LogP contribution in [0.4, 0.5) is 29.5 Å². The van der Waals surface area contributed by atoms with Gasteiger partial charge in [0, 0.05) is 42.8 Å². The van der Waals surface area contributed by atoms with Crippen molar-refractivity contribution in [1.82, 2.24) is 19.8 Å². The summed E-state index contributed by atoms with van der Waals surface area (Å²) in [6.07, 6.45) is -5.03. The van der Waals surface area contributed by atoms with Crippen LogP contribution in [-0.4, -0.2) is 65.7 Å². The van der Waals surface area contributed by atoms with Crippen LogP contribution in [0.25, 0.3) is 10.9 Å². The number of hydrogen-bond acceptors (Lipinski definition) is 8. The Balaban J connectivity index is 1.68. The number of likely N-dealkylation sites (N-methyl/N-ethyl adjacent to an activating group) is 1. The number of methoxy groups -OCH3 is 1. The lowest BCUT2D eigenvalue weighted by Crippen LogP contribution is -2.53. The molecule has 0 spiro atoms. The molecule has 1 fully saturated rings. The molecule has 2 atom stereocenters. The van der Waals surface area contributed by atoms with Gasteiger partial charge < -0.3 is 30.3 Å². The molecule has 1 aliphatic heterocycles. The monoisotopic (exact) mass is 532 g/mol. The predicted octanol–water partition coefficient (Wildman–Crippen LogP) is 4.86. The highest BCUT2D eigenvalue weighted by atomic mass is 19.4. The van der Waals surface area contributed by atoms with Crippen molar-refractivity contribution >= 4 is 28.5 Å². The normalized spacial score (nSPS) is 17.4. The van der Waals surface area contributed by atoms with Crippen LogP contribution in [0.2, 0.25) is 0 Å². The van der Waals surface area contributed by atoms with E-state index in [0.29, 0.717) is 40.4 Å². The van der Waals surface area contributed by atoms with Crippen LogP contribution in [0, 0.1) is 6.92 Å². The van der Waals surface area contributed by atoms with E-state index in [9.17, 15) is 18.0 Å². The van der Waals surface area contributed by atoms with E-state index in [0.717, 1.165) is 25.2 Å². The Morgan fingerprint density at radius 3 is 2.55 bits per heavy atom. The molecule has 3 N–H and O–H groups in total. The number of ether oxygens (including phenoxy) is 2. The molecule has 1 amide bonds. The number of alkyl halides is 3. The van der Waals surface area contributed by atoms with Gasteiger partial charge in [0.2, 0.25) is 0 Å². The van der Waals surface area contributed by atoms with Gasteiger partial charge >= 0.3 is 12.3 Å². The second-order valence-corrected chi connectivity index (χ2v) is 9.56. The molecule has 0 saturated carbocycles. The molecular weight excluding hydrogens is 501 g/mol. The first-order valence-electron chi connectivity index (χ1n) is 12.1. The van der Waals surface area contributed by atoms with Gasteiger partial charge in [0.05, 0.1) is 24.2 Å². The summed E-state index contributed by atoms with van der Waals surface area (Å²) < 4.78 is 51.2. The minimum Gasteiger partial charge on any atom is -0.493 e. The van der Waals surface area contributed by atoms with Crippen LogP contribution in [0.5, 0.6) is 11.5 Å². The summed E-state index contributed by atoms with van der Waals surface area (Å²) in [5.41, 5.74) is 5.78. The molecule has 0 bridgehead atoms. The maximum Gasteiger partial charge on any atom is 0.416 e. The third-order valence-electron chi connectivity index (χ3n) is 6.51. The zero-order valence-electron chi connectivity index (χ0n) is 21.9. The highest BCUT2D eigenvalue weighted by Gasteiger charge is 2.32. The van der Waals surface area contributed by atoms with Gasteiger partial charge in [0.25, 0.3) is 0 Å². The number of fused-ring (bicyclic) bond motifs is 1. The first-order valence-corrected chi connectivity index (χ1v) is 12.1. The van der Waals surface area contributed by atoms with Crippen molar-refractivity contribution in [2.45, 2.75) is 39.0 Å². The molecule has 3 aromatic rings. The van der Waals surface area contributed by atoms with Crippen LogP contribution in [0.1, 0.15) is 36.8 Å². The molecule has 2 heterocycles. The Morgan fingerprint density at radius 1 is 1.16 bits per heavy atom. The van der Waals surface area contributed by atoms with Gasteiger partial charge in [0.1, 0.15) is 11.6 Å². The summed E-state index contributed by atoms with van der Waals surface area (Å²) in [6.45, 7) is 7.34. The number of nitrogen functional groups attached to an aromatic ring is 1. The smallest absolute Gasteiger partial charge is 0.416 e. The third-order valence-corrected chi connectivity index (χ3v) is 6.51. The van der Waals surface area contributed by atoms with Crippen molar-refractivity contribution in [2.75, 3.05) is 44.8 Å². The lowest BCUT2D eigenvalue weighted by atomic mass is 10.0. The molecule has 9 nitrogen and oxygen atoms in total. The van der Waals surface area contributed by atoms with Gasteiger partial charge in [-0.15, -0.1) is 0 Å². The van der Waals surface area contributed by atoms with Crippen LogP contribution in [0.3, 0.4) is 0 Å². The van der Waals surface area contributed by atoms with Gasteiger partial charge in [-0.05, 0) is 57.6 Å². The summed E-state index contributed by atoms with van der Waals surface area (Å²) in [6, 6.07) is 6.05. The van der Waals surface area contributed by atoms with Gasteiger partial charge in [-0.3, -0.25) is 0 Å². The van der Waals surface area contributed by atoms with Crippen molar-refractivity contribution in [2.24, 2.45) is 0 Å². The van der Waals surface area contributed by atoms with E-state index in [2.05, 4.69) is 20.2 Å². The number of carbonyl (C=O) groups is 1. The van der Waals surface area contributed by atoms with Crippen molar-refractivity contribution in [3.05, 3.63) is 47.3 Å². The van der Waals surface area contributed by atoms with E-state index in [4.69, 9.17) is 15.2 Å². The molecule has 38 heavy (non-hydrogen) atoms. The molecule has 204 valence electrons. The molecule has 1 aliphatic rings. The minimum absolute atomic E-state index is 0.00395. The fourth-order valence-corrected chi connectivity index (χ4v) is 4.54. The number of benzene rings is 2. The highest BCUT2D eigenvalue weighted by Crippen LogP contribution is 2.37. The first kappa shape index (κ1) is 27.2. The SMILES string of the molecule is COc1cc2nc(C)nc(NC(C)c3cc(N)cc(C(F)(F)F)c3)c2cc1OC(=O)N1CCN(C)CC1C. The molecule has 4 rings (SSSR count). The van der Waals surface area contributed by atoms with Crippen LogP contribution >= 0.6 is 0 Å². The highest BCUT2D eigenvalue weighted by molar-refractivity contribution is 5.92. The number of anilines is 2. The van der Waals surface area contributed by atoms with Crippen molar-refractivity contribution in [3.8, 4) is 11.5 Å². The molecule has 0 radical (unpaired) electrons. The van der Waals surface area contributed by atoms with E-state index in [-0.39, 0.29) is 17.5 Å². The Kier molecular flexibility index (Phi) is 7.54. The average molecular weight is 533 g/mol. The number of rotatable bonds is 5. The summed E-state index contributed by atoms with van der Waals surface area (Å²) in [5.74, 6) is 1.30. The Labute approximate surface area is 218 Å². The lowest BCUT2D eigenvalue weighted by Gasteiger charge is -2.37. The van der Waals surface area contributed by atoms with Crippen LogP contribution in [0.15, 0.2) is 30.3 Å². The number of nitrogens with one attached hydrogen (secondary N) is 1. The Hall–Kier alpha value is -3.80. The largest absolute Gasteiger partial charge is 0.493 e. The number of piperazine rings is 1. The lowest BCUT2D eigenvalue weighted by molar-refractivity contribution is -0.137. The van der Waals surface area contributed by atoms with E-state index in [1.54, 1.807) is 30.9 Å². The number of carbonyl (C=O) groups excluding carboxylic acids is 1. The minimum atomic E-state index is -4.53. The fraction of sp³-hybridized carbons (Fsp3) is 0.423. The number of aromatic nitrogens is 2. The summed E-state index contributed by atoms with van der Waals surface area (Å²) in [7, 11) is 3.46. The summed E-state index contributed by atoms with van der Waals surface area (Å²) >= 11 is 0. The zero-order chi connectivity index (χ0) is 27.8. The Bertz CT molecular complexity index is 1350. The van der Waals surface area contributed by atoms with Gasteiger partial charge in [-0.1, -0.05) is 0 Å². The first-order chi connectivity index (χ1) is 17.8. The maximum absolute atomic E-state index is 13.3. The number of amides is 1. The predicted molar refractivity (Wildman–Crippen MR) is 138 cm³/mol. The number of nitrogens with two attached hydrogens (primary N) is 1. The van der Waals surface area contributed by atoms with Gasteiger partial charge in [-0.2, -0.15) is 13.2 Å². The average Bonchev–Trinajstić information content (AvgIpc) is 2.82. The van der Waals surface area contributed by atoms with Crippen molar-refractivity contribution in [1.29, 1.82) is 0 Å². The maximum atomic E-state index is 13.3. The second kappa shape index (κ2) is 10.5. The zero-order valence-corrected chi connectivity index (χ0v) is 21.9. The fourth-order valence-electron chi connectivity index (χ4n) is 4.54. The van der Waals surface area contributed by atoms with Gasteiger partial charge in [-0.25, -0.2) is 14.8 Å². The number of halogens is 3. The van der Waals surface area contributed by atoms with E-state index < -0.39 is 23.9 Å². The standard InChI is InChI=1S/C26H31F3N6O3/c1-14-13-34(4)6-7-35(14)25(36)38-23-11-20-21(12-22(23)37-5)32-16(3)33-24(20)31-15(2)17-8-18(26(27,28)29)10-19(30)9-17/h8-12,14-15H,6-7,13,30H2,1-5H3,(H,31,32,33). The number of aryl methyl sites for hydroxylation is 1. The van der Waals surface area contributed by atoms with Gasteiger partial charge in [0.15, 0.2) is 11.5 Å². The number of hydrogen-bond donors (Lipinski definition) is 2. The molecule has 12 heteroatoms. The summed E-state index contributed by atoms with van der Waals surface area (Å²) in [5, 5.41) is 3.68. The third kappa shape index (κ3) is 5.85. The molecule has 1 aromatic heterocycles. The van der Waals surface area contributed by atoms with E-state index in [1.165, 1.54) is 13.2 Å². The second-order valence-electron chi connectivity index (χ2n) is 9.56. The topological polar surface area (TPSA) is 106 Å². The molecule has 1 saturated heterocycles. The van der Waals surface area contributed by atoms with Crippen molar-refractivity contribution < 1.29 is 27.4 Å². The number of nitrogens with zero attached hydrogens (tertiary/aromatic N) is 4. The summed E-state index contributed by atoms with van der Waals surface area (Å²) in [4.78, 5) is 25.7. The van der Waals surface area contributed by atoms with Crippen LogP contribution in [-0.2, 0) is 6.18 Å². The van der Waals surface area contributed by atoms with E-state index >= 15 is 0 Å². The Morgan fingerprint density at radius 2 is 1.89 bits per heavy atom. The van der Waals surface area contributed by atoms with E-state index in [1.807, 2.05) is 14.0 Å². The molecule has 2 aromatic carbocycles. The van der Waals surface area contributed by atoms with Crippen LogP contribution < -0.4 is 20.5 Å². The quantitative estimate of drug-likeness (QED) is 0.449. The molecule has 2 unspecified atom stereocenters.